The highest BCUT2D eigenvalue weighted by Crippen LogP contribution is 2.32. The molecule has 1 saturated heterocycles. The van der Waals surface area contributed by atoms with Crippen molar-refractivity contribution in [3.8, 4) is 0 Å². The lowest BCUT2D eigenvalue weighted by Crippen LogP contribution is -2.52. The maximum absolute atomic E-state index is 12.6. The topological polar surface area (TPSA) is 66.6 Å². The number of nitrogens with two attached hydrogens (primary N) is 1. The number of rotatable bonds is 2. The standard InChI is InChI=1S/C14H26N2O2/c1-14(18)7-4-8-16(10-14)13(17)12-6-3-2-5-11(12)9-15/h11-12,18H,2-10,15H2,1H3. The molecule has 4 nitrogen and oxygen atoms in total. The average Bonchev–Trinajstić information content (AvgIpc) is 2.36. The zero-order chi connectivity index (χ0) is 13.2. The summed E-state index contributed by atoms with van der Waals surface area (Å²) in [6.45, 7) is 3.72. The number of amides is 1. The molecule has 2 aliphatic rings. The maximum atomic E-state index is 12.6. The van der Waals surface area contributed by atoms with Crippen LogP contribution in [-0.4, -0.2) is 41.1 Å². The van der Waals surface area contributed by atoms with E-state index in [0.29, 0.717) is 19.0 Å². The second-order valence-corrected chi connectivity index (χ2v) is 6.25. The highest BCUT2D eigenvalue weighted by molar-refractivity contribution is 5.79. The van der Waals surface area contributed by atoms with Gasteiger partial charge < -0.3 is 15.7 Å². The number of piperidine rings is 1. The highest BCUT2D eigenvalue weighted by Gasteiger charge is 2.37. The van der Waals surface area contributed by atoms with Gasteiger partial charge in [-0.25, -0.2) is 0 Å². The van der Waals surface area contributed by atoms with Crippen LogP contribution in [0.25, 0.3) is 0 Å². The Balaban J connectivity index is 2.01. The van der Waals surface area contributed by atoms with E-state index in [1.165, 1.54) is 6.42 Å². The quantitative estimate of drug-likeness (QED) is 0.776. The van der Waals surface area contributed by atoms with Crippen LogP contribution in [0.2, 0.25) is 0 Å². The second kappa shape index (κ2) is 5.57. The van der Waals surface area contributed by atoms with Crippen LogP contribution in [0.5, 0.6) is 0 Å². The largest absolute Gasteiger partial charge is 0.388 e. The van der Waals surface area contributed by atoms with Gasteiger partial charge in [0.2, 0.25) is 5.91 Å². The molecule has 2 rings (SSSR count). The molecule has 0 aromatic heterocycles. The molecule has 3 unspecified atom stereocenters. The Kier molecular flexibility index (Phi) is 4.28. The molecule has 0 aromatic carbocycles. The summed E-state index contributed by atoms with van der Waals surface area (Å²) in [5.74, 6) is 0.668. The van der Waals surface area contributed by atoms with E-state index in [1.807, 2.05) is 11.8 Å². The summed E-state index contributed by atoms with van der Waals surface area (Å²) in [7, 11) is 0. The molecule has 0 bridgehead atoms. The molecule has 104 valence electrons. The Hall–Kier alpha value is -0.610. The van der Waals surface area contributed by atoms with Gasteiger partial charge in [0.1, 0.15) is 0 Å². The first-order chi connectivity index (χ1) is 8.53. The van der Waals surface area contributed by atoms with Crippen molar-refractivity contribution in [2.75, 3.05) is 19.6 Å². The van der Waals surface area contributed by atoms with Crippen LogP contribution in [0.1, 0.15) is 45.4 Å². The summed E-state index contributed by atoms with van der Waals surface area (Å²) in [4.78, 5) is 14.4. The van der Waals surface area contributed by atoms with Crippen LogP contribution < -0.4 is 5.73 Å². The molecule has 1 aliphatic carbocycles. The minimum absolute atomic E-state index is 0.0950. The number of carbonyl (C=O) groups excluding carboxylic acids is 1. The van der Waals surface area contributed by atoms with Gasteiger partial charge in [-0.3, -0.25) is 4.79 Å². The fourth-order valence-electron chi connectivity index (χ4n) is 3.46. The molecule has 3 N–H and O–H groups in total. The van der Waals surface area contributed by atoms with E-state index in [1.54, 1.807) is 0 Å². The van der Waals surface area contributed by atoms with Crippen LogP contribution in [0.3, 0.4) is 0 Å². The number of aliphatic hydroxyl groups is 1. The smallest absolute Gasteiger partial charge is 0.226 e. The molecule has 1 saturated carbocycles. The van der Waals surface area contributed by atoms with Gasteiger partial charge in [0, 0.05) is 19.0 Å². The predicted octanol–water partition coefficient (Wildman–Crippen LogP) is 1.12. The van der Waals surface area contributed by atoms with Crippen LogP contribution >= 0.6 is 0 Å². The first kappa shape index (κ1) is 13.8. The first-order valence-electron chi connectivity index (χ1n) is 7.25. The number of hydrogen-bond acceptors (Lipinski definition) is 3. The summed E-state index contributed by atoms with van der Waals surface area (Å²) in [5.41, 5.74) is 5.09. The van der Waals surface area contributed by atoms with Crippen molar-refractivity contribution in [2.45, 2.75) is 51.0 Å². The van der Waals surface area contributed by atoms with Crippen molar-refractivity contribution in [3.63, 3.8) is 0 Å². The summed E-state index contributed by atoms with van der Waals surface area (Å²) in [6.07, 6.45) is 6.08. The summed E-state index contributed by atoms with van der Waals surface area (Å²) >= 11 is 0. The van der Waals surface area contributed by atoms with Gasteiger partial charge in [0.25, 0.3) is 0 Å². The number of carbonyl (C=O) groups is 1. The zero-order valence-electron chi connectivity index (χ0n) is 11.4. The normalized spacial score (nSPS) is 37.6. The SMILES string of the molecule is CC1(O)CCCN(C(=O)C2CCCCC2CN)C1. The number of β-amino-alcohol motifs (C(OH)–C–C–N with tert-alkyl or cyclic N) is 1. The van der Waals surface area contributed by atoms with E-state index in [4.69, 9.17) is 5.73 Å². The van der Waals surface area contributed by atoms with Gasteiger partial charge in [-0.1, -0.05) is 12.8 Å². The Labute approximate surface area is 110 Å². The lowest BCUT2D eigenvalue weighted by molar-refractivity contribution is -0.144. The lowest BCUT2D eigenvalue weighted by Gasteiger charge is -2.40. The van der Waals surface area contributed by atoms with E-state index in [-0.39, 0.29) is 11.8 Å². The van der Waals surface area contributed by atoms with E-state index in [9.17, 15) is 9.90 Å². The van der Waals surface area contributed by atoms with E-state index in [2.05, 4.69) is 0 Å². The Morgan fingerprint density at radius 2 is 2.11 bits per heavy atom. The molecule has 0 radical (unpaired) electrons. The van der Waals surface area contributed by atoms with Gasteiger partial charge >= 0.3 is 0 Å². The number of hydrogen-bond donors (Lipinski definition) is 2. The molecule has 3 atom stereocenters. The molecule has 1 amide bonds. The Bertz CT molecular complexity index is 304. The van der Waals surface area contributed by atoms with Gasteiger partial charge in [0.05, 0.1) is 5.60 Å². The summed E-state index contributed by atoms with van der Waals surface area (Å²) < 4.78 is 0. The monoisotopic (exact) mass is 254 g/mol. The molecular weight excluding hydrogens is 228 g/mol. The third-order valence-corrected chi connectivity index (χ3v) is 4.52. The van der Waals surface area contributed by atoms with Crippen molar-refractivity contribution in [1.82, 2.24) is 4.90 Å². The van der Waals surface area contributed by atoms with Gasteiger partial charge in [-0.2, -0.15) is 0 Å². The van der Waals surface area contributed by atoms with Crippen molar-refractivity contribution in [3.05, 3.63) is 0 Å². The van der Waals surface area contributed by atoms with Crippen LogP contribution in [0.15, 0.2) is 0 Å². The van der Waals surface area contributed by atoms with E-state index < -0.39 is 5.60 Å². The first-order valence-corrected chi connectivity index (χ1v) is 7.25. The molecule has 4 heteroatoms. The molecule has 2 fully saturated rings. The Morgan fingerprint density at radius 1 is 1.39 bits per heavy atom. The lowest BCUT2D eigenvalue weighted by atomic mass is 9.78. The van der Waals surface area contributed by atoms with Crippen LogP contribution in [-0.2, 0) is 4.79 Å². The molecular formula is C14H26N2O2. The molecule has 18 heavy (non-hydrogen) atoms. The average molecular weight is 254 g/mol. The highest BCUT2D eigenvalue weighted by atomic mass is 16.3. The van der Waals surface area contributed by atoms with Crippen LogP contribution in [0.4, 0.5) is 0 Å². The number of nitrogens with zero attached hydrogens (tertiary/aromatic N) is 1. The summed E-state index contributed by atoms with van der Waals surface area (Å²) in [6, 6.07) is 0. The van der Waals surface area contributed by atoms with E-state index in [0.717, 1.165) is 38.6 Å². The van der Waals surface area contributed by atoms with Gasteiger partial charge in [0.15, 0.2) is 0 Å². The van der Waals surface area contributed by atoms with Gasteiger partial charge in [-0.05, 0) is 45.1 Å². The molecule has 1 heterocycles. The zero-order valence-corrected chi connectivity index (χ0v) is 11.4. The second-order valence-electron chi connectivity index (χ2n) is 6.25. The molecule has 1 aliphatic heterocycles. The third kappa shape index (κ3) is 3.04. The third-order valence-electron chi connectivity index (χ3n) is 4.52. The minimum Gasteiger partial charge on any atom is -0.388 e. The maximum Gasteiger partial charge on any atom is 0.226 e. The van der Waals surface area contributed by atoms with Crippen molar-refractivity contribution in [2.24, 2.45) is 17.6 Å². The molecule has 0 spiro atoms. The van der Waals surface area contributed by atoms with Gasteiger partial charge in [-0.15, -0.1) is 0 Å². The predicted molar refractivity (Wildman–Crippen MR) is 70.9 cm³/mol. The Morgan fingerprint density at radius 3 is 2.78 bits per heavy atom. The molecule has 0 aromatic rings. The van der Waals surface area contributed by atoms with Crippen molar-refractivity contribution >= 4 is 5.91 Å². The van der Waals surface area contributed by atoms with Crippen molar-refractivity contribution in [1.29, 1.82) is 0 Å². The van der Waals surface area contributed by atoms with Crippen molar-refractivity contribution < 1.29 is 9.90 Å². The summed E-state index contributed by atoms with van der Waals surface area (Å²) in [5, 5.41) is 10.1. The van der Waals surface area contributed by atoms with E-state index >= 15 is 0 Å². The fourth-order valence-corrected chi connectivity index (χ4v) is 3.46. The van der Waals surface area contributed by atoms with Crippen LogP contribution in [0, 0.1) is 11.8 Å². The fraction of sp³-hybridized carbons (Fsp3) is 0.929. The number of likely N-dealkylation sites (tertiary alicyclic amines) is 1. The minimum atomic E-state index is -0.708.